The van der Waals surface area contributed by atoms with Crippen molar-refractivity contribution in [2.45, 2.75) is 6.10 Å². The van der Waals surface area contributed by atoms with Crippen LogP contribution in [0.25, 0.3) is 0 Å². The highest BCUT2D eigenvalue weighted by atomic mass is 32.2. The normalized spacial score (nSPS) is 27.1. The molecule has 1 heterocycles. The molecule has 1 fully saturated rings. The van der Waals surface area contributed by atoms with Crippen LogP contribution in [0, 0.1) is 0 Å². The first kappa shape index (κ1) is 7.93. The summed E-state index contributed by atoms with van der Waals surface area (Å²) < 4.78 is 21.2. The molecule has 0 aromatic carbocycles. The Morgan fingerprint density at radius 2 is 2.30 bits per heavy atom. The Balaban J connectivity index is 2.38. The molecule has 0 aromatic rings. The molecule has 6 heteroatoms. The Morgan fingerprint density at radius 3 is 2.70 bits per heavy atom. The molecule has 0 N–H and O–H groups in total. The van der Waals surface area contributed by atoms with E-state index in [1.54, 1.807) is 0 Å². The van der Waals surface area contributed by atoms with Gasteiger partial charge < -0.3 is 0 Å². The van der Waals surface area contributed by atoms with Crippen LogP contribution in [0.3, 0.4) is 0 Å². The van der Waals surface area contributed by atoms with E-state index in [9.17, 15) is 8.42 Å². The minimum Gasteiger partial charge on any atom is -0.229 e. The maximum atomic E-state index is 10.6. The molecule has 60 valence electrons. The summed E-state index contributed by atoms with van der Waals surface area (Å²) in [7, 11) is -2.99. The predicted octanol–water partition coefficient (Wildman–Crippen LogP) is -0.707. The van der Waals surface area contributed by atoms with Crippen LogP contribution < -0.4 is 0 Å². The van der Waals surface area contributed by atoms with Crippen molar-refractivity contribution in [1.82, 2.24) is 0 Å². The lowest BCUT2D eigenvalue weighted by Gasteiger charge is -1.99. The van der Waals surface area contributed by atoms with Crippen molar-refractivity contribution >= 4 is 9.84 Å². The summed E-state index contributed by atoms with van der Waals surface area (Å²) in [6, 6.07) is 0. The highest BCUT2D eigenvalue weighted by Crippen LogP contribution is 2.06. The molecule has 0 spiro atoms. The van der Waals surface area contributed by atoms with Crippen LogP contribution in [0.1, 0.15) is 0 Å². The van der Waals surface area contributed by atoms with Gasteiger partial charge in [0, 0.05) is 6.26 Å². The van der Waals surface area contributed by atoms with Gasteiger partial charge >= 0.3 is 0 Å². The molecule has 1 rings (SSSR count). The Kier molecular flexibility index (Phi) is 2.24. The SMILES string of the molecule is CS(=O)(=O)CC1COOO1. The number of sulfone groups is 1. The zero-order valence-electron chi connectivity index (χ0n) is 5.44. The molecular weight excluding hydrogens is 160 g/mol. The van der Waals surface area contributed by atoms with E-state index in [1.165, 1.54) is 0 Å². The van der Waals surface area contributed by atoms with Crippen LogP contribution in [0.5, 0.6) is 0 Å². The van der Waals surface area contributed by atoms with Crippen LogP contribution in [0.15, 0.2) is 0 Å². The third kappa shape index (κ3) is 2.61. The molecule has 0 saturated carbocycles. The van der Waals surface area contributed by atoms with Gasteiger partial charge in [-0.1, -0.05) is 5.04 Å². The van der Waals surface area contributed by atoms with E-state index in [2.05, 4.69) is 14.8 Å². The molecule has 1 aliphatic rings. The fourth-order valence-electron chi connectivity index (χ4n) is 0.628. The van der Waals surface area contributed by atoms with Gasteiger partial charge in [-0.05, 0) is 0 Å². The van der Waals surface area contributed by atoms with E-state index in [0.717, 1.165) is 6.26 Å². The summed E-state index contributed by atoms with van der Waals surface area (Å²) >= 11 is 0. The van der Waals surface area contributed by atoms with Gasteiger partial charge in [0.25, 0.3) is 0 Å². The largest absolute Gasteiger partial charge is 0.229 e. The third-order valence-electron chi connectivity index (χ3n) is 0.966. The summed E-state index contributed by atoms with van der Waals surface area (Å²) in [5.74, 6) is -0.0625. The molecule has 5 nitrogen and oxygen atoms in total. The van der Waals surface area contributed by atoms with Gasteiger partial charge in [-0.2, -0.15) is 4.89 Å². The highest BCUT2D eigenvalue weighted by Gasteiger charge is 2.23. The van der Waals surface area contributed by atoms with Gasteiger partial charge in [-0.25, -0.2) is 13.3 Å². The molecule has 0 radical (unpaired) electrons. The number of hydrogen-bond donors (Lipinski definition) is 0. The third-order valence-corrected chi connectivity index (χ3v) is 1.94. The van der Waals surface area contributed by atoms with Crippen molar-refractivity contribution in [3.05, 3.63) is 0 Å². The van der Waals surface area contributed by atoms with Gasteiger partial charge in [0.1, 0.15) is 22.5 Å². The van der Waals surface area contributed by atoms with Crippen LogP contribution in [-0.2, 0) is 24.7 Å². The minimum atomic E-state index is -2.99. The first-order chi connectivity index (χ1) is 4.58. The van der Waals surface area contributed by atoms with E-state index in [-0.39, 0.29) is 12.4 Å². The standard InChI is InChI=1S/C4H8O5S/c1-10(5,6)3-4-2-7-9-8-4/h4H,2-3H2,1H3. The zero-order chi connectivity index (χ0) is 7.61. The lowest BCUT2D eigenvalue weighted by atomic mass is 10.4. The fraction of sp³-hybridized carbons (Fsp3) is 1.00. The second kappa shape index (κ2) is 2.83. The fourth-order valence-corrected chi connectivity index (χ4v) is 1.46. The lowest BCUT2D eigenvalue weighted by Crippen LogP contribution is -2.21. The molecule has 1 atom stereocenters. The summed E-state index contributed by atoms with van der Waals surface area (Å²) in [5, 5.41) is 4.04. The van der Waals surface area contributed by atoms with E-state index >= 15 is 0 Å². The Labute approximate surface area is 58.7 Å². The Morgan fingerprint density at radius 1 is 1.60 bits per heavy atom. The monoisotopic (exact) mass is 168 g/mol. The van der Waals surface area contributed by atoms with Crippen LogP contribution >= 0.6 is 0 Å². The quantitative estimate of drug-likeness (QED) is 0.510. The first-order valence-electron chi connectivity index (χ1n) is 2.70. The Hall–Kier alpha value is -0.170. The molecule has 10 heavy (non-hydrogen) atoms. The molecule has 0 amide bonds. The van der Waals surface area contributed by atoms with E-state index < -0.39 is 15.9 Å². The van der Waals surface area contributed by atoms with Crippen molar-refractivity contribution < 1.29 is 23.2 Å². The summed E-state index contributed by atoms with van der Waals surface area (Å²) in [6.07, 6.45) is 0.657. The van der Waals surface area contributed by atoms with Crippen LogP contribution in [-0.4, -0.2) is 33.1 Å². The molecule has 1 saturated heterocycles. The number of rotatable bonds is 2. The highest BCUT2D eigenvalue weighted by molar-refractivity contribution is 7.90. The van der Waals surface area contributed by atoms with Crippen molar-refractivity contribution in [1.29, 1.82) is 0 Å². The maximum absolute atomic E-state index is 10.6. The molecule has 0 aliphatic carbocycles. The summed E-state index contributed by atoms with van der Waals surface area (Å²) in [4.78, 5) is 8.74. The van der Waals surface area contributed by atoms with Gasteiger partial charge in [0.2, 0.25) is 0 Å². The van der Waals surface area contributed by atoms with Gasteiger partial charge in [-0.15, -0.1) is 0 Å². The molecule has 0 bridgehead atoms. The molecule has 1 unspecified atom stereocenters. The van der Waals surface area contributed by atoms with Crippen LogP contribution in [0.2, 0.25) is 0 Å². The minimum absolute atomic E-state index is 0.0625. The predicted molar refractivity (Wildman–Crippen MR) is 31.6 cm³/mol. The van der Waals surface area contributed by atoms with Crippen molar-refractivity contribution in [2.24, 2.45) is 0 Å². The molecule has 1 aliphatic heterocycles. The maximum Gasteiger partial charge on any atom is 0.150 e. The summed E-state index contributed by atoms with van der Waals surface area (Å²) in [5.41, 5.74) is 0. The van der Waals surface area contributed by atoms with Crippen LogP contribution in [0.4, 0.5) is 0 Å². The van der Waals surface area contributed by atoms with E-state index in [0.29, 0.717) is 0 Å². The van der Waals surface area contributed by atoms with Gasteiger partial charge in [-0.3, -0.25) is 0 Å². The van der Waals surface area contributed by atoms with Crippen molar-refractivity contribution in [2.75, 3.05) is 18.6 Å². The van der Waals surface area contributed by atoms with Gasteiger partial charge in [0.05, 0.1) is 5.75 Å². The average molecular weight is 168 g/mol. The lowest BCUT2D eigenvalue weighted by molar-refractivity contribution is -0.459. The zero-order valence-corrected chi connectivity index (χ0v) is 6.26. The topological polar surface area (TPSA) is 61.8 Å². The van der Waals surface area contributed by atoms with E-state index in [1.807, 2.05) is 0 Å². The molecular formula is C4H8O5S. The summed E-state index contributed by atoms with van der Waals surface area (Å²) in [6.45, 7) is 0.174. The second-order valence-electron chi connectivity index (χ2n) is 2.16. The van der Waals surface area contributed by atoms with Crippen molar-refractivity contribution in [3.63, 3.8) is 0 Å². The smallest absolute Gasteiger partial charge is 0.150 e. The van der Waals surface area contributed by atoms with Gasteiger partial charge in [0.15, 0.2) is 0 Å². The molecule has 0 aromatic heterocycles. The number of hydrogen-bond acceptors (Lipinski definition) is 5. The Bertz CT molecular complexity index is 190. The average Bonchev–Trinajstić information content (AvgIpc) is 2.12. The van der Waals surface area contributed by atoms with Crippen molar-refractivity contribution in [3.8, 4) is 0 Å². The van der Waals surface area contributed by atoms with E-state index in [4.69, 9.17) is 0 Å². The first-order valence-corrected chi connectivity index (χ1v) is 4.76. The second-order valence-corrected chi connectivity index (χ2v) is 4.35.